The van der Waals surface area contributed by atoms with Crippen molar-refractivity contribution in [1.29, 1.82) is 0 Å². The van der Waals surface area contributed by atoms with Crippen molar-refractivity contribution >= 4 is 22.8 Å². The minimum absolute atomic E-state index is 0.233. The number of hydrogen-bond donors (Lipinski definition) is 2. The first kappa shape index (κ1) is 19.4. The molecular weight excluding hydrogens is 338 g/mol. The van der Waals surface area contributed by atoms with E-state index >= 15 is 0 Å². The Morgan fingerprint density at radius 3 is 2.65 bits per heavy atom. The number of carbonyl (C=O) groups is 2. The first-order chi connectivity index (χ1) is 12.4. The maximum absolute atomic E-state index is 12.4. The lowest BCUT2D eigenvalue weighted by atomic mass is 10.1. The summed E-state index contributed by atoms with van der Waals surface area (Å²) in [6.07, 6.45) is 2.14. The Labute approximate surface area is 150 Å². The van der Waals surface area contributed by atoms with E-state index in [-0.39, 0.29) is 17.9 Å². The minimum Gasteiger partial charge on any atom is -0.467 e. The number of esters is 1. The van der Waals surface area contributed by atoms with Crippen molar-refractivity contribution < 1.29 is 14.3 Å². The normalized spacial score (nSPS) is 11.9. The van der Waals surface area contributed by atoms with Gasteiger partial charge in [0.1, 0.15) is 6.04 Å². The predicted molar refractivity (Wildman–Crippen MR) is 96.9 cm³/mol. The van der Waals surface area contributed by atoms with Crippen LogP contribution in [0.25, 0.3) is 10.9 Å². The fourth-order valence-corrected chi connectivity index (χ4v) is 2.68. The second-order valence-corrected chi connectivity index (χ2v) is 6.06. The van der Waals surface area contributed by atoms with Crippen LogP contribution < -0.4 is 16.6 Å². The van der Waals surface area contributed by atoms with Gasteiger partial charge in [0, 0.05) is 13.0 Å². The van der Waals surface area contributed by atoms with Gasteiger partial charge >= 0.3 is 11.7 Å². The van der Waals surface area contributed by atoms with Crippen molar-refractivity contribution in [3.63, 3.8) is 0 Å². The van der Waals surface area contributed by atoms with Crippen molar-refractivity contribution in [1.82, 2.24) is 14.9 Å². The maximum Gasteiger partial charge on any atom is 0.328 e. The van der Waals surface area contributed by atoms with Gasteiger partial charge in [-0.15, -0.1) is 0 Å². The van der Waals surface area contributed by atoms with Gasteiger partial charge < -0.3 is 15.0 Å². The number of ether oxygens (including phenoxy) is 1. The summed E-state index contributed by atoms with van der Waals surface area (Å²) in [6.45, 7) is 1.85. The van der Waals surface area contributed by atoms with Gasteiger partial charge in [-0.1, -0.05) is 18.6 Å². The lowest BCUT2D eigenvalue weighted by Crippen LogP contribution is -2.39. The predicted octanol–water partition coefficient (Wildman–Crippen LogP) is 0.928. The summed E-state index contributed by atoms with van der Waals surface area (Å²) in [7, 11) is 1.27. The number of H-pyrrole nitrogens is 1. The number of amides is 1. The standard InChI is InChI=1S/C18H23N3O5/c1-12(17(24)26-2)19-15(22)10-4-3-7-11-21-16(23)13-8-5-6-9-14(13)20-18(21)25/h5-6,8-9,12H,3-4,7,10-11H2,1-2H3,(H,19,22)(H,20,25). The summed E-state index contributed by atoms with van der Waals surface area (Å²) in [5.41, 5.74) is -0.220. The van der Waals surface area contributed by atoms with Crippen molar-refractivity contribution in [2.24, 2.45) is 0 Å². The minimum atomic E-state index is -0.678. The third-order valence-corrected chi connectivity index (χ3v) is 4.11. The summed E-state index contributed by atoms with van der Waals surface area (Å²) in [5, 5.41) is 3.03. The molecule has 0 aliphatic heterocycles. The van der Waals surface area contributed by atoms with E-state index in [1.807, 2.05) is 0 Å². The van der Waals surface area contributed by atoms with Crippen LogP contribution >= 0.6 is 0 Å². The lowest BCUT2D eigenvalue weighted by Gasteiger charge is -2.11. The SMILES string of the molecule is COC(=O)C(C)NC(=O)CCCCCn1c(=O)[nH]c2ccccc2c1=O. The summed E-state index contributed by atoms with van der Waals surface area (Å²) in [6, 6.07) is 6.20. The Balaban J connectivity index is 1.83. The second kappa shape index (κ2) is 8.98. The Morgan fingerprint density at radius 2 is 1.92 bits per heavy atom. The molecule has 0 aliphatic rings. The maximum atomic E-state index is 12.4. The molecule has 8 nitrogen and oxygen atoms in total. The molecule has 0 saturated heterocycles. The Bertz CT molecular complexity index is 900. The molecule has 0 bridgehead atoms. The van der Waals surface area contributed by atoms with Gasteiger partial charge in [-0.05, 0) is 31.9 Å². The van der Waals surface area contributed by atoms with E-state index in [0.29, 0.717) is 36.7 Å². The lowest BCUT2D eigenvalue weighted by molar-refractivity contribution is -0.144. The van der Waals surface area contributed by atoms with E-state index in [2.05, 4.69) is 15.0 Å². The van der Waals surface area contributed by atoms with Gasteiger partial charge in [0.2, 0.25) is 5.91 Å². The molecule has 1 aromatic heterocycles. The average molecular weight is 361 g/mol. The van der Waals surface area contributed by atoms with Crippen molar-refractivity contribution in [2.45, 2.75) is 45.2 Å². The van der Waals surface area contributed by atoms with Crippen LogP contribution in [0.2, 0.25) is 0 Å². The number of aromatic amines is 1. The van der Waals surface area contributed by atoms with Crippen LogP contribution in [0, 0.1) is 0 Å². The highest BCUT2D eigenvalue weighted by molar-refractivity contribution is 5.84. The number of para-hydroxylation sites is 1. The molecule has 26 heavy (non-hydrogen) atoms. The van der Waals surface area contributed by atoms with Gasteiger partial charge in [-0.3, -0.25) is 14.2 Å². The molecule has 1 unspecified atom stereocenters. The molecule has 0 spiro atoms. The van der Waals surface area contributed by atoms with E-state index in [1.165, 1.54) is 11.7 Å². The molecule has 2 rings (SSSR count). The number of rotatable bonds is 8. The smallest absolute Gasteiger partial charge is 0.328 e. The number of aromatic nitrogens is 2. The first-order valence-corrected chi connectivity index (χ1v) is 8.53. The highest BCUT2D eigenvalue weighted by atomic mass is 16.5. The van der Waals surface area contributed by atoms with Crippen LogP contribution in [-0.4, -0.2) is 34.6 Å². The number of methoxy groups -OCH3 is 1. The van der Waals surface area contributed by atoms with E-state index < -0.39 is 17.7 Å². The molecule has 8 heteroatoms. The van der Waals surface area contributed by atoms with Gasteiger partial charge in [0.05, 0.1) is 18.0 Å². The summed E-state index contributed by atoms with van der Waals surface area (Å²) in [5.74, 6) is -0.725. The van der Waals surface area contributed by atoms with Crippen LogP contribution in [-0.2, 0) is 20.9 Å². The van der Waals surface area contributed by atoms with Crippen LogP contribution in [0.1, 0.15) is 32.6 Å². The van der Waals surface area contributed by atoms with Crippen LogP contribution in [0.3, 0.4) is 0 Å². The molecule has 140 valence electrons. The number of nitrogens with one attached hydrogen (secondary N) is 2. The zero-order valence-corrected chi connectivity index (χ0v) is 14.9. The third kappa shape index (κ3) is 4.81. The number of nitrogens with zero attached hydrogens (tertiary/aromatic N) is 1. The Morgan fingerprint density at radius 1 is 1.19 bits per heavy atom. The number of benzene rings is 1. The second-order valence-electron chi connectivity index (χ2n) is 6.06. The summed E-state index contributed by atoms with van der Waals surface area (Å²) >= 11 is 0. The summed E-state index contributed by atoms with van der Waals surface area (Å²) < 4.78 is 5.72. The average Bonchev–Trinajstić information content (AvgIpc) is 2.63. The summed E-state index contributed by atoms with van der Waals surface area (Å²) in [4.78, 5) is 50.1. The van der Waals surface area contributed by atoms with E-state index in [4.69, 9.17) is 0 Å². The van der Waals surface area contributed by atoms with Crippen LogP contribution in [0.4, 0.5) is 0 Å². The molecule has 0 fully saturated rings. The van der Waals surface area contributed by atoms with E-state index in [9.17, 15) is 19.2 Å². The number of unbranched alkanes of at least 4 members (excludes halogenated alkanes) is 2. The molecule has 0 aliphatic carbocycles. The quantitative estimate of drug-likeness (QED) is 0.537. The van der Waals surface area contributed by atoms with Crippen molar-refractivity contribution in [2.75, 3.05) is 7.11 Å². The topological polar surface area (TPSA) is 110 Å². The molecule has 0 saturated carbocycles. The van der Waals surface area contributed by atoms with Gasteiger partial charge in [-0.2, -0.15) is 0 Å². The number of hydrogen-bond acceptors (Lipinski definition) is 5. The third-order valence-electron chi connectivity index (χ3n) is 4.11. The van der Waals surface area contributed by atoms with Crippen LogP contribution in [0.15, 0.2) is 33.9 Å². The fourth-order valence-electron chi connectivity index (χ4n) is 2.68. The zero-order chi connectivity index (χ0) is 19.1. The Kier molecular flexibility index (Phi) is 6.71. The van der Waals surface area contributed by atoms with E-state index in [0.717, 1.165) is 0 Å². The zero-order valence-electron chi connectivity index (χ0n) is 14.9. The molecule has 1 aromatic carbocycles. The highest BCUT2D eigenvalue weighted by Gasteiger charge is 2.15. The molecule has 1 atom stereocenters. The molecule has 1 amide bonds. The first-order valence-electron chi connectivity index (χ1n) is 8.53. The van der Waals surface area contributed by atoms with E-state index in [1.54, 1.807) is 31.2 Å². The number of fused-ring (bicyclic) bond motifs is 1. The van der Waals surface area contributed by atoms with Crippen molar-refractivity contribution in [3.05, 3.63) is 45.1 Å². The fraction of sp³-hybridized carbons (Fsp3) is 0.444. The highest BCUT2D eigenvalue weighted by Crippen LogP contribution is 2.05. The molecule has 1 heterocycles. The molecule has 0 radical (unpaired) electrons. The molecular formula is C18H23N3O5. The van der Waals surface area contributed by atoms with Gasteiger partial charge in [-0.25, -0.2) is 9.59 Å². The van der Waals surface area contributed by atoms with Crippen LogP contribution in [0.5, 0.6) is 0 Å². The number of carbonyl (C=O) groups excluding carboxylic acids is 2. The molecule has 2 N–H and O–H groups in total. The Hall–Kier alpha value is -2.90. The monoisotopic (exact) mass is 361 g/mol. The largest absolute Gasteiger partial charge is 0.467 e. The van der Waals surface area contributed by atoms with Crippen molar-refractivity contribution in [3.8, 4) is 0 Å². The van der Waals surface area contributed by atoms with Gasteiger partial charge in [0.15, 0.2) is 0 Å². The molecule has 2 aromatic rings. The van der Waals surface area contributed by atoms with Gasteiger partial charge in [0.25, 0.3) is 5.56 Å².